The van der Waals surface area contributed by atoms with E-state index in [0.29, 0.717) is 12.8 Å². The summed E-state index contributed by atoms with van der Waals surface area (Å²) in [4.78, 5) is 11.8. The maximum atomic E-state index is 13.3. The van der Waals surface area contributed by atoms with Gasteiger partial charge in [-0.25, -0.2) is 4.39 Å². The molecule has 0 spiro atoms. The third-order valence-electron chi connectivity index (χ3n) is 3.44. The third-order valence-corrected chi connectivity index (χ3v) is 3.44. The van der Waals surface area contributed by atoms with Crippen molar-refractivity contribution in [3.63, 3.8) is 0 Å². The van der Waals surface area contributed by atoms with E-state index >= 15 is 0 Å². The van der Waals surface area contributed by atoms with E-state index in [9.17, 15) is 9.18 Å². The average molecular weight is 341 g/mol. The van der Waals surface area contributed by atoms with Crippen LogP contribution in [0.4, 0.5) is 4.39 Å². The third kappa shape index (κ3) is 6.56. The maximum Gasteiger partial charge on any atom is 0.221 e. The highest BCUT2D eigenvalue weighted by atomic mass is 19.1. The minimum absolute atomic E-state index is 0.0693. The van der Waals surface area contributed by atoms with Crippen LogP contribution in [0.2, 0.25) is 0 Å². The number of aryl methyl sites for hydroxylation is 1. The molecular weight excluding hydrogens is 321 g/mol. The van der Waals surface area contributed by atoms with E-state index in [1.165, 1.54) is 12.1 Å². The lowest BCUT2D eigenvalue weighted by Crippen LogP contribution is -2.23. The van der Waals surface area contributed by atoms with Gasteiger partial charge in [0.05, 0.1) is 13.7 Å². The summed E-state index contributed by atoms with van der Waals surface area (Å²) in [5.41, 5.74) is 1.07. The van der Waals surface area contributed by atoms with Gasteiger partial charge in [-0.2, -0.15) is 0 Å². The van der Waals surface area contributed by atoms with Crippen LogP contribution in [0.25, 0.3) is 0 Å². The molecule has 0 unspecified atom stereocenters. The van der Waals surface area contributed by atoms with E-state index in [1.807, 2.05) is 24.3 Å². The van der Waals surface area contributed by atoms with E-state index < -0.39 is 5.82 Å². The summed E-state index contributed by atoms with van der Waals surface area (Å²) in [5, 5.41) is 2.72. The fourth-order valence-corrected chi connectivity index (χ4v) is 2.07. The molecule has 0 bridgehead atoms. The molecular formula is C20H20FNO3. The highest BCUT2D eigenvalue weighted by molar-refractivity contribution is 5.76. The first-order chi connectivity index (χ1) is 12.2. The van der Waals surface area contributed by atoms with Crippen molar-refractivity contribution in [1.82, 2.24) is 5.32 Å². The van der Waals surface area contributed by atoms with Crippen LogP contribution in [0, 0.1) is 17.7 Å². The topological polar surface area (TPSA) is 47.6 Å². The van der Waals surface area contributed by atoms with Crippen LogP contribution in [0.5, 0.6) is 11.5 Å². The average Bonchev–Trinajstić information content (AvgIpc) is 2.64. The second-order valence-corrected chi connectivity index (χ2v) is 5.20. The number of ether oxygens (including phenoxy) is 2. The molecule has 25 heavy (non-hydrogen) atoms. The standard InChI is InChI=1S/C20H20FNO3/c1-24-17-11-8-16(9-12-17)10-13-20(23)22-14-4-5-15-25-19-7-3-2-6-18(19)21/h2-3,6-9,11-12H,10,13-15H2,1H3,(H,22,23). The second-order valence-electron chi connectivity index (χ2n) is 5.20. The van der Waals surface area contributed by atoms with Crippen LogP contribution in [-0.2, 0) is 11.2 Å². The van der Waals surface area contributed by atoms with Crippen LogP contribution < -0.4 is 14.8 Å². The number of benzene rings is 2. The molecule has 2 aromatic carbocycles. The van der Waals surface area contributed by atoms with Gasteiger partial charge in [-0.1, -0.05) is 36.1 Å². The predicted octanol–water partition coefficient (Wildman–Crippen LogP) is 2.97. The van der Waals surface area contributed by atoms with E-state index in [-0.39, 0.29) is 24.8 Å². The van der Waals surface area contributed by atoms with Gasteiger partial charge in [-0.15, -0.1) is 0 Å². The lowest BCUT2D eigenvalue weighted by molar-refractivity contribution is -0.120. The molecule has 2 aromatic rings. The van der Waals surface area contributed by atoms with Gasteiger partial charge in [0, 0.05) is 6.42 Å². The molecule has 0 aliphatic carbocycles. The van der Waals surface area contributed by atoms with E-state index in [4.69, 9.17) is 9.47 Å². The maximum absolute atomic E-state index is 13.3. The summed E-state index contributed by atoms with van der Waals surface area (Å²) >= 11 is 0. The van der Waals surface area contributed by atoms with Crippen molar-refractivity contribution in [2.45, 2.75) is 12.8 Å². The number of rotatable bonds is 7. The Hall–Kier alpha value is -3.00. The lowest BCUT2D eigenvalue weighted by Gasteiger charge is -2.04. The molecule has 1 N–H and O–H groups in total. The smallest absolute Gasteiger partial charge is 0.221 e. The fraction of sp³-hybridized carbons (Fsp3) is 0.250. The van der Waals surface area contributed by atoms with Crippen molar-refractivity contribution in [2.24, 2.45) is 0 Å². The Labute approximate surface area is 147 Å². The highest BCUT2D eigenvalue weighted by Crippen LogP contribution is 2.14. The van der Waals surface area contributed by atoms with Gasteiger partial charge in [0.2, 0.25) is 5.91 Å². The van der Waals surface area contributed by atoms with Gasteiger partial charge >= 0.3 is 0 Å². The first-order valence-corrected chi connectivity index (χ1v) is 7.91. The van der Waals surface area contributed by atoms with Crippen LogP contribution in [0.15, 0.2) is 48.5 Å². The minimum atomic E-state index is -0.420. The van der Waals surface area contributed by atoms with Gasteiger partial charge in [-0.05, 0) is 36.2 Å². The van der Waals surface area contributed by atoms with Gasteiger partial charge in [0.25, 0.3) is 0 Å². The summed E-state index contributed by atoms with van der Waals surface area (Å²) < 4.78 is 23.6. The number of carbonyl (C=O) groups excluding carboxylic acids is 1. The summed E-state index contributed by atoms with van der Waals surface area (Å²) in [6.07, 6.45) is 1.04. The van der Waals surface area contributed by atoms with Crippen molar-refractivity contribution >= 4 is 5.91 Å². The molecule has 0 saturated carbocycles. The zero-order valence-corrected chi connectivity index (χ0v) is 14.0. The van der Waals surface area contributed by atoms with Crippen LogP contribution in [0.1, 0.15) is 12.0 Å². The Morgan fingerprint density at radius 1 is 1.12 bits per heavy atom. The Kier molecular flexibility index (Phi) is 7.33. The number of amides is 1. The number of halogens is 1. The van der Waals surface area contributed by atoms with Crippen LogP contribution in [0.3, 0.4) is 0 Å². The van der Waals surface area contributed by atoms with Crippen molar-refractivity contribution in [1.29, 1.82) is 0 Å². The lowest BCUT2D eigenvalue weighted by atomic mass is 10.1. The van der Waals surface area contributed by atoms with Gasteiger partial charge in [0.1, 0.15) is 12.4 Å². The van der Waals surface area contributed by atoms with Crippen molar-refractivity contribution in [3.8, 4) is 23.3 Å². The predicted molar refractivity (Wildman–Crippen MR) is 94.0 cm³/mol. The van der Waals surface area contributed by atoms with Crippen molar-refractivity contribution in [3.05, 3.63) is 59.9 Å². The summed E-state index contributed by atoms with van der Waals surface area (Å²) in [7, 11) is 1.62. The van der Waals surface area contributed by atoms with Gasteiger partial charge in [-0.3, -0.25) is 4.79 Å². The Bertz CT molecular complexity index is 748. The summed E-state index contributed by atoms with van der Waals surface area (Å²) in [6.45, 7) is 0.310. The number of methoxy groups -OCH3 is 1. The molecule has 0 aliphatic rings. The molecule has 4 nitrogen and oxygen atoms in total. The fourth-order valence-electron chi connectivity index (χ4n) is 2.07. The second kappa shape index (κ2) is 9.99. The number of hydrogen-bond donors (Lipinski definition) is 1. The largest absolute Gasteiger partial charge is 0.497 e. The molecule has 130 valence electrons. The van der Waals surface area contributed by atoms with Crippen LogP contribution >= 0.6 is 0 Å². The van der Waals surface area contributed by atoms with Gasteiger partial charge in [0.15, 0.2) is 11.6 Å². The number of para-hydroxylation sites is 1. The molecule has 0 radical (unpaired) electrons. The zero-order chi connectivity index (χ0) is 17.9. The first kappa shape index (κ1) is 18.3. The Morgan fingerprint density at radius 3 is 2.60 bits per heavy atom. The number of nitrogens with one attached hydrogen (secondary N) is 1. The van der Waals surface area contributed by atoms with Crippen LogP contribution in [-0.4, -0.2) is 26.2 Å². The summed E-state index contributed by atoms with van der Waals surface area (Å²) in [5.74, 6) is 5.98. The first-order valence-electron chi connectivity index (χ1n) is 7.91. The van der Waals surface area contributed by atoms with Crippen molar-refractivity contribution in [2.75, 3.05) is 20.3 Å². The van der Waals surface area contributed by atoms with E-state index in [0.717, 1.165) is 11.3 Å². The molecule has 2 rings (SSSR count). The molecule has 0 fully saturated rings. The van der Waals surface area contributed by atoms with Crippen molar-refractivity contribution < 1.29 is 18.7 Å². The van der Waals surface area contributed by atoms with E-state index in [2.05, 4.69) is 17.2 Å². The molecule has 0 aliphatic heterocycles. The SMILES string of the molecule is COc1ccc(CCC(=O)NCC#CCOc2ccccc2F)cc1. The summed E-state index contributed by atoms with van der Waals surface area (Å²) in [6, 6.07) is 13.8. The molecule has 5 heteroatoms. The Morgan fingerprint density at radius 2 is 1.88 bits per heavy atom. The molecule has 0 aromatic heterocycles. The molecule has 1 amide bonds. The Balaban J connectivity index is 1.63. The monoisotopic (exact) mass is 341 g/mol. The zero-order valence-electron chi connectivity index (χ0n) is 14.0. The molecule has 0 atom stereocenters. The number of hydrogen-bond acceptors (Lipinski definition) is 3. The highest BCUT2D eigenvalue weighted by Gasteiger charge is 2.01. The van der Waals surface area contributed by atoms with Gasteiger partial charge < -0.3 is 14.8 Å². The quantitative estimate of drug-likeness (QED) is 0.788. The number of carbonyl (C=O) groups is 1. The van der Waals surface area contributed by atoms with E-state index in [1.54, 1.807) is 19.2 Å². The molecule has 0 saturated heterocycles. The minimum Gasteiger partial charge on any atom is -0.497 e. The molecule has 0 heterocycles. The normalized spacial score (nSPS) is 9.68.